The first-order chi connectivity index (χ1) is 9.81. The summed E-state index contributed by atoms with van der Waals surface area (Å²) in [6, 6.07) is 6.18. The highest BCUT2D eigenvalue weighted by Gasteiger charge is 2.23. The normalized spacial score (nSPS) is 12.7. The molecular formula is C16H23N3OS. The first-order valence-corrected chi connectivity index (χ1v) is 7.93. The van der Waals surface area contributed by atoms with Crippen molar-refractivity contribution in [1.82, 2.24) is 9.47 Å². The highest BCUT2D eigenvalue weighted by molar-refractivity contribution is 7.12. The van der Waals surface area contributed by atoms with Crippen molar-refractivity contribution in [3.8, 4) is 0 Å². The number of carbonyl (C=O) groups is 1. The SMILES string of the molecule is Cc1ccc(C(C)N(C)C(=O)c2cc(N)cn2C(C)C)s1. The van der Waals surface area contributed by atoms with Crippen LogP contribution in [0.25, 0.3) is 0 Å². The molecule has 0 aromatic carbocycles. The lowest BCUT2D eigenvalue weighted by Gasteiger charge is -2.25. The number of aryl methyl sites for hydroxylation is 1. The van der Waals surface area contributed by atoms with E-state index in [1.165, 1.54) is 9.75 Å². The van der Waals surface area contributed by atoms with Gasteiger partial charge < -0.3 is 15.2 Å². The van der Waals surface area contributed by atoms with E-state index in [4.69, 9.17) is 5.73 Å². The maximum absolute atomic E-state index is 12.8. The van der Waals surface area contributed by atoms with Crippen LogP contribution in [-0.2, 0) is 0 Å². The molecule has 1 unspecified atom stereocenters. The van der Waals surface area contributed by atoms with E-state index in [0.717, 1.165) is 0 Å². The molecule has 4 nitrogen and oxygen atoms in total. The molecule has 2 N–H and O–H groups in total. The molecular weight excluding hydrogens is 282 g/mol. The predicted molar refractivity (Wildman–Crippen MR) is 88.8 cm³/mol. The number of amides is 1. The van der Waals surface area contributed by atoms with E-state index in [1.54, 1.807) is 22.3 Å². The van der Waals surface area contributed by atoms with E-state index in [-0.39, 0.29) is 18.0 Å². The summed E-state index contributed by atoms with van der Waals surface area (Å²) in [7, 11) is 1.84. The second kappa shape index (κ2) is 5.93. The van der Waals surface area contributed by atoms with Gasteiger partial charge in [0.15, 0.2) is 0 Å². The van der Waals surface area contributed by atoms with Crippen LogP contribution in [0, 0.1) is 6.92 Å². The predicted octanol–water partition coefficient (Wildman–Crippen LogP) is 3.85. The van der Waals surface area contributed by atoms with Crippen LogP contribution in [-0.4, -0.2) is 22.4 Å². The molecule has 0 aliphatic carbocycles. The van der Waals surface area contributed by atoms with Gasteiger partial charge >= 0.3 is 0 Å². The molecule has 2 aromatic rings. The standard InChI is InChI=1S/C16H23N3OS/c1-10(2)19-9-13(17)8-14(19)16(20)18(5)12(4)15-7-6-11(3)21-15/h6-10,12H,17H2,1-5H3. The summed E-state index contributed by atoms with van der Waals surface area (Å²) >= 11 is 1.73. The molecule has 114 valence electrons. The molecule has 5 heteroatoms. The molecule has 0 spiro atoms. The van der Waals surface area contributed by atoms with Crippen molar-refractivity contribution in [1.29, 1.82) is 0 Å². The number of aromatic nitrogens is 1. The van der Waals surface area contributed by atoms with E-state index >= 15 is 0 Å². The van der Waals surface area contributed by atoms with Crippen molar-refractivity contribution in [3.63, 3.8) is 0 Å². The minimum absolute atomic E-state index is 0.000969. The molecule has 2 heterocycles. The largest absolute Gasteiger partial charge is 0.397 e. The number of hydrogen-bond donors (Lipinski definition) is 1. The molecule has 0 aliphatic rings. The molecule has 0 aliphatic heterocycles. The van der Waals surface area contributed by atoms with Gasteiger partial charge in [-0.1, -0.05) is 0 Å². The number of nitrogens with two attached hydrogens (primary N) is 1. The average Bonchev–Trinajstić information content (AvgIpc) is 3.02. The highest BCUT2D eigenvalue weighted by atomic mass is 32.1. The van der Waals surface area contributed by atoms with Crippen molar-refractivity contribution in [3.05, 3.63) is 39.8 Å². The van der Waals surface area contributed by atoms with E-state index in [0.29, 0.717) is 11.4 Å². The maximum Gasteiger partial charge on any atom is 0.270 e. The Hall–Kier alpha value is -1.75. The van der Waals surface area contributed by atoms with Crippen molar-refractivity contribution in [2.24, 2.45) is 0 Å². The number of anilines is 1. The lowest BCUT2D eigenvalue weighted by Crippen LogP contribution is -2.31. The van der Waals surface area contributed by atoms with Crippen LogP contribution in [0.2, 0.25) is 0 Å². The first kappa shape index (κ1) is 15.6. The summed E-state index contributed by atoms with van der Waals surface area (Å²) in [4.78, 5) is 17.0. The number of hydrogen-bond acceptors (Lipinski definition) is 3. The third-order valence-corrected chi connectivity index (χ3v) is 4.89. The van der Waals surface area contributed by atoms with Crippen LogP contribution in [0.5, 0.6) is 0 Å². The monoisotopic (exact) mass is 305 g/mol. The summed E-state index contributed by atoms with van der Waals surface area (Å²) in [6.45, 7) is 8.22. The Labute approximate surface area is 130 Å². The molecule has 2 rings (SSSR count). The molecule has 0 radical (unpaired) electrons. The minimum Gasteiger partial charge on any atom is -0.397 e. The number of thiophene rings is 1. The fourth-order valence-electron chi connectivity index (χ4n) is 2.32. The first-order valence-electron chi connectivity index (χ1n) is 7.12. The number of nitrogens with zero attached hydrogens (tertiary/aromatic N) is 2. The molecule has 21 heavy (non-hydrogen) atoms. The summed E-state index contributed by atoms with van der Waals surface area (Å²) in [5.41, 5.74) is 7.12. The van der Waals surface area contributed by atoms with E-state index in [1.807, 2.05) is 31.7 Å². The summed E-state index contributed by atoms with van der Waals surface area (Å²) in [5, 5.41) is 0. The van der Waals surface area contributed by atoms with Gasteiger partial charge in [-0.15, -0.1) is 11.3 Å². The Balaban J connectivity index is 2.27. The molecule has 0 bridgehead atoms. The van der Waals surface area contributed by atoms with Gasteiger partial charge in [-0.25, -0.2) is 0 Å². The van der Waals surface area contributed by atoms with Gasteiger partial charge in [0.1, 0.15) is 5.69 Å². The second-order valence-electron chi connectivity index (χ2n) is 5.70. The molecule has 0 saturated carbocycles. The third kappa shape index (κ3) is 3.13. The minimum atomic E-state index is -0.000969. The summed E-state index contributed by atoms with van der Waals surface area (Å²) in [6.07, 6.45) is 1.83. The van der Waals surface area contributed by atoms with Gasteiger partial charge in [-0.05, 0) is 45.9 Å². The topological polar surface area (TPSA) is 51.3 Å². The van der Waals surface area contributed by atoms with Gasteiger partial charge in [0.05, 0.1) is 11.7 Å². The van der Waals surface area contributed by atoms with E-state index < -0.39 is 0 Å². The maximum atomic E-state index is 12.8. The smallest absolute Gasteiger partial charge is 0.270 e. The van der Waals surface area contributed by atoms with Crippen molar-refractivity contribution in [2.75, 3.05) is 12.8 Å². The molecule has 0 saturated heterocycles. The zero-order valence-electron chi connectivity index (χ0n) is 13.3. The molecule has 2 aromatic heterocycles. The lowest BCUT2D eigenvalue weighted by atomic mass is 10.2. The van der Waals surface area contributed by atoms with Crippen LogP contribution in [0.1, 0.15) is 53.1 Å². The fourth-order valence-corrected chi connectivity index (χ4v) is 3.30. The van der Waals surface area contributed by atoms with Crippen molar-refractivity contribution >= 4 is 22.9 Å². The van der Waals surface area contributed by atoms with Crippen molar-refractivity contribution < 1.29 is 4.79 Å². The zero-order chi connectivity index (χ0) is 15.7. The Morgan fingerprint density at radius 1 is 1.33 bits per heavy atom. The molecule has 0 fully saturated rings. The third-order valence-electron chi connectivity index (χ3n) is 3.72. The zero-order valence-corrected chi connectivity index (χ0v) is 14.1. The van der Waals surface area contributed by atoms with Crippen molar-refractivity contribution in [2.45, 2.75) is 39.8 Å². The molecule has 1 atom stereocenters. The Kier molecular flexibility index (Phi) is 4.42. The summed E-state index contributed by atoms with van der Waals surface area (Å²) < 4.78 is 1.93. The van der Waals surface area contributed by atoms with Crippen LogP contribution in [0.15, 0.2) is 24.4 Å². The van der Waals surface area contributed by atoms with Gasteiger partial charge in [0.2, 0.25) is 0 Å². The van der Waals surface area contributed by atoms with Gasteiger partial charge in [0, 0.05) is 29.0 Å². The fraction of sp³-hybridized carbons (Fsp3) is 0.438. The number of carbonyl (C=O) groups excluding carboxylic acids is 1. The average molecular weight is 305 g/mol. The van der Waals surface area contributed by atoms with Gasteiger partial charge in [-0.2, -0.15) is 0 Å². The Bertz CT molecular complexity index is 642. The van der Waals surface area contributed by atoms with Crippen LogP contribution in [0.4, 0.5) is 5.69 Å². The Morgan fingerprint density at radius 2 is 2.00 bits per heavy atom. The number of rotatable bonds is 4. The highest BCUT2D eigenvalue weighted by Crippen LogP contribution is 2.28. The number of nitrogen functional groups attached to an aromatic ring is 1. The van der Waals surface area contributed by atoms with Gasteiger partial charge in [-0.3, -0.25) is 4.79 Å². The van der Waals surface area contributed by atoms with E-state index in [2.05, 4.69) is 26.0 Å². The quantitative estimate of drug-likeness (QED) is 0.932. The Morgan fingerprint density at radius 3 is 2.52 bits per heavy atom. The lowest BCUT2D eigenvalue weighted by molar-refractivity contribution is 0.0732. The summed E-state index contributed by atoms with van der Waals surface area (Å²) in [5.74, 6) is -0.000969. The van der Waals surface area contributed by atoms with Gasteiger partial charge in [0.25, 0.3) is 5.91 Å². The van der Waals surface area contributed by atoms with Crippen LogP contribution < -0.4 is 5.73 Å². The second-order valence-corrected chi connectivity index (χ2v) is 7.02. The van der Waals surface area contributed by atoms with Crippen LogP contribution in [0.3, 0.4) is 0 Å². The van der Waals surface area contributed by atoms with E-state index in [9.17, 15) is 4.79 Å². The molecule has 1 amide bonds. The van der Waals surface area contributed by atoms with Crippen LogP contribution >= 0.6 is 11.3 Å².